The van der Waals surface area contributed by atoms with E-state index in [9.17, 15) is 5.11 Å². The van der Waals surface area contributed by atoms with Gasteiger partial charge in [-0.1, -0.05) is 30.3 Å². The first-order valence-corrected chi connectivity index (χ1v) is 5.95. The number of rotatable bonds is 3. The lowest BCUT2D eigenvalue weighted by Gasteiger charge is -2.35. The van der Waals surface area contributed by atoms with Crippen molar-refractivity contribution in [2.75, 3.05) is 26.2 Å². The number of β-amino-alcohol motifs (C(OH)–C–C–N with tert-alkyl or cyclic N) is 1. The highest BCUT2D eigenvalue weighted by atomic mass is 16.3. The average Bonchev–Trinajstić information content (AvgIpc) is 2.33. The summed E-state index contributed by atoms with van der Waals surface area (Å²) in [5, 5.41) is 13.5. The Morgan fingerprint density at radius 1 is 1.44 bits per heavy atom. The smallest absolute Gasteiger partial charge is 0.0917 e. The molecule has 1 heterocycles. The van der Waals surface area contributed by atoms with Crippen molar-refractivity contribution in [2.24, 2.45) is 0 Å². The monoisotopic (exact) mass is 220 g/mol. The second-order valence-electron chi connectivity index (χ2n) is 4.47. The Hall–Kier alpha value is -0.900. The Kier molecular flexibility index (Phi) is 3.93. The van der Waals surface area contributed by atoms with Gasteiger partial charge in [0, 0.05) is 32.2 Å². The lowest BCUT2D eigenvalue weighted by molar-refractivity contribution is 0.0793. The van der Waals surface area contributed by atoms with Crippen LogP contribution in [-0.2, 0) is 0 Å². The van der Waals surface area contributed by atoms with Crippen molar-refractivity contribution in [3.8, 4) is 0 Å². The standard InChI is InChI=1S/C13H20N2O/c1-11-9-14-7-8-15(11)10-13(16)12-5-3-2-4-6-12/h2-6,11,13-14,16H,7-10H2,1H3/t11-,13-/m1/s1. The zero-order valence-corrected chi connectivity index (χ0v) is 9.76. The highest BCUT2D eigenvalue weighted by molar-refractivity contribution is 5.17. The molecule has 1 saturated heterocycles. The van der Waals surface area contributed by atoms with Crippen LogP contribution in [0.25, 0.3) is 0 Å². The first-order chi connectivity index (χ1) is 7.77. The van der Waals surface area contributed by atoms with Crippen molar-refractivity contribution < 1.29 is 5.11 Å². The lowest BCUT2D eigenvalue weighted by Crippen LogP contribution is -2.50. The maximum absolute atomic E-state index is 10.1. The Balaban J connectivity index is 1.94. The number of nitrogens with one attached hydrogen (secondary N) is 1. The fraction of sp³-hybridized carbons (Fsp3) is 0.538. The molecule has 0 aromatic heterocycles. The van der Waals surface area contributed by atoms with Gasteiger partial charge in [-0.15, -0.1) is 0 Å². The van der Waals surface area contributed by atoms with E-state index < -0.39 is 0 Å². The predicted molar refractivity (Wildman–Crippen MR) is 65.3 cm³/mol. The first-order valence-electron chi connectivity index (χ1n) is 5.95. The third-order valence-corrected chi connectivity index (χ3v) is 3.23. The molecule has 2 atom stereocenters. The van der Waals surface area contributed by atoms with Gasteiger partial charge in [-0.3, -0.25) is 4.90 Å². The molecule has 2 rings (SSSR count). The van der Waals surface area contributed by atoms with E-state index in [4.69, 9.17) is 0 Å². The zero-order chi connectivity index (χ0) is 11.4. The Bertz CT molecular complexity index is 315. The second-order valence-corrected chi connectivity index (χ2v) is 4.47. The number of hydrogen-bond acceptors (Lipinski definition) is 3. The summed E-state index contributed by atoms with van der Waals surface area (Å²) in [6.07, 6.45) is -0.373. The van der Waals surface area contributed by atoms with Gasteiger partial charge < -0.3 is 10.4 Å². The van der Waals surface area contributed by atoms with Crippen LogP contribution in [0.4, 0.5) is 0 Å². The summed E-state index contributed by atoms with van der Waals surface area (Å²) in [5.41, 5.74) is 1.01. The van der Waals surface area contributed by atoms with E-state index in [-0.39, 0.29) is 6.10 Å². The van der Waals surface area contributed by atoms with Crippen molar-refractivity contribution in [1.82, 2.24) is 10.2 Å². The van der Waals surface area contributed by atoms with Crippen LogP contribution < -0.4 is 5.32 Å². The number of aliphatic hydroxyl groups excluding tert-OH is 1. The summed E-state index contributed by atoms with van der Waals surface area (Å²) in [6.45, 7) is 5.98. The molecule has 1 fully saturated rings. The molecule has 2 N–H and O–H groups in total. The zero-order valence-electron chi connectivity index (χ0n) is 9.76. The molecule has 1 aromatic carbocycles. The molecular formula is C13H20N2O. The van der Waals surface area contributed by atoms with E-state index in [0.29, 0.717) is 6.04 Å². The molecule has 3 nitrogen and oxygen atoms in total. The molecular weight excluding hydrogens is 200 g/mol. The van der Waals surface area contributed by atoms with Gasteiger partial charge in [-0.25, -0.2) is 0 Å². The largest absolute Gasteiger partial charge is 0.387 e. The van der Waals surface area contributed by atoms with Crippen LogP contribution in [-0.4, -0.2) is 42.2 Å². The molecule has 1 aliphatic heterocycles. The minimum atomic E-state index is -0.373. The molecule has 0 radical (unpaired) electrons. The van der Waals surface area contributed by atoms with Crippen molar-refractivity contribution in [3.63, 3.8) is 0 Å². The Morgan fingerprint density at radius 2 is 2.19 bits per heavy atom. The Labute approximate surface area is 97.1 Å². The summed E-state index contributed by atoms with van der Waals surface area (Å²) >= 11 is 0. The topological polar surface area (TPSA) is 35.5 Å². The molecule has 0 aliphatic carbocycles. The van der Waals surface area contributed by atoms with Crippen molar-refractivity contribution in [3.05, 3.63) is 35.9 Å². The van der Waals surface area contributed by atoms with E-state index >= 15 is 0 Å². The van der Waals surface area contributed by atoms with Gasteiger partial charge in [-0.05, 0) is 12.5 Å². The van der Waals surface area contributed by atoms with Crippen molar-refractivity contribution in [2.45, 2.75) is 19.1 Å². The van der Waals surface area contributed by atoms with Gasteiger partial charge in [-0.2, -0.15) is 0 Å². The summed E-state index contributed by atoms with van der Waals surface area (Å²) in [4.78, 5) is 2.34. The minimum absolute atomic E-state index is 0.373. The molecule has 1 aliphatic rings. The summed E-state index contributed by atoms with van der Waals surface area (Å²) < 4.78 is 0. The van der Waals surface area contributed by atoms with Crippen LogP contribution in [0.1, 0.15) is 18.6 Å². The molecule has 3 heteroatoms. The van der Waals surface area contributed by atoms with E-state index in [1.165, 1.54) is 0 Å². The van der Waals surface area contributed by atoms with E-state index in [0.717, 1.165) is 31.7 Å². The summed E-state index contributed by atoms with van der Waals surface area (Å²) in [7, 11) is 0. The van der Waals surface area contributed by atoms with Crippen LogP contribution in [0.2, 0.25) is 0 Å². The van der Waals surface area contributed by atoms with Crippen LogP contribution in [0.5, 0.6) is 0 Å². The maximum atomic E-state index is 10.1. The fourth-order valence-corrected chi connectivity index (χ4v) is 2.16. The summed E-state index contributed by atoms with van der Waals surface area (Å²) in [5.74, 6) is 0. The number of aliphatic hydroxyl groups is 1. The second kappa shape index (κ2) is 5.43. The van der Waals surface area contributed by atoms with Crippen LogP contribution in [0.15, 0.2) is 30.3 Å². The molecule has 88 valence electrons. The molecule has 16 heavy (non-hydrogen) atoms. The molecule has 0 amide bonds. The Morgan fingerprint density at radius 3 is 2.88 bits per heavy atom. The normalized spacial score (nSPS) is 24.2. The van der Waals surface area contributed by atoms with Gasteiger partial charge in [0.2, 0.25) is 0 Å². The number of piperazine rings is 1. The van der Waals surface area contributed by atoms with Crippen molar-refractivity contribution >= 4 is 0 Å². The third-order valence-electron chi connectivity index (χ3n) is 3.23. The molecule has 0 saturated carbocycles. The average molecular weight is 220 g/mol. The summed E-state index contributed by atoms with van der Waals surface area (Å²) in [6, 6.07) is 10.4. The van der Waals surface area contributed by atoms with Crippen LogP contribution >= 0.6 is 0 Å². The highest BCUT2D eigenvalue weighted by Gasteiger charge is 2.20. The van der Waals surface area contributed by atoms with Crippen molar-refractivity contribution in [1.29, 1.82) is 0 Å². The third kappa shape index (κ3) is 2.82. The maximum Gasteiger partial charge on any atom is 0.0917 e. The molecule has 1 aromatic rings. The van der Waals surface area contributed by atoms with Gasteiger partial charge in [0.05, 0.1) is 6.10 Å². The van der Waals surface area contributed by atoms with Crippen LogP contribution in [0.3, 0.4) is 0 Å². The number of benzene rings is 1. The van der Waals surface area contributed by atoms with Gasteiger partial charge in [0.15, 0.2) is 0 Å². The molecule has 0 spiro atoms. The minimum Gasteiger partial charge on any atom is -0.387 e. The first kappa shape index (κ1) is 11.6. The van der Waals surface area contributed by atoms with Gasteiger partial charge >= 0.3 is 0 Å². The molecule has 0 bridgehead atoms. The van der Waals surface area contributed by atoms with Gasteiger partial charge in [0.1, 0.15) is 0 Å². The van der Waals surface area contributed by atoms with E-state index in [1.807, 2.05) is 30.3 Å². The predicted octanol–water partition coefficient (Wildman–Crippen LogP) is 1.01. The highest BCUT2D eigenvalue weighted by Crippen LogP contribution is 2.15. The van der Waals surface area contributed by atoms with E-state index in [1.54, 1.807) is 0 Å². The molecule has 0 unspecified atom stereocenters. The van der Waals surface area contributed by atoms with Crippen LogP contribution in [0, 0.1) is 0 Å². The van der Waals surface area contributed by atoms with E-state index in [2.05, 4.69) is 17.1 Å². The SMILES string of the molecule is C[C@@H]1CNCCN1C[C@@H](O)c1ccccc1. The quantitative estimate of drug-likeness (QED) is 0.798. The number of hydrogen-bond donors (Lipinski definition) is 2. The lowest BCUT2D eigenvalue weighted by atomic mass is 10.1. The fourth-order valence-electron chi connectivity index (χ4n) is 2.16. The number of nitrogens with zero attached hydrogens (tertiary/aromatic N) is 1. The van der Waals surface area contributed by atoms with Gasteiger partial charge in [0.25, 0.3) is 0 Å².